The zero-order valence-corrected chi connectivity index (χ0v) is 11.6. The Labute approximate surface area is 123 Å². The van der Waals surface area contributed by atoms with Crippen LogP contribution in [-0.4, -0.2) is 10.8 Å². The average molecular weight is 309 g/mol. The van der Waals surface area contributed by atoms with Gasteiger partial charge in [-0.15, -0.1) is 0 Å². The zero-order chi connectivity index (χ0) is 14.5. The van der Waals surface area contributed by atoms with Crippen molar-refractivity contribution in [3.8, 4) is 0 Å². The SMILES string of the molecule is O=C(/C=C/c1ccc([N+](=O)[O-])s1)Nc1ccc(Cl)cc1. The van der Waals surface area contributed by atoms with Gasteiger partial charge in [0.1, 0.15) is 0 Å². The molecule has 0 aliphatic heterocycles. The largest absolute Gasteiger partial charge is 0.324 e. The molecule has 20 heavy (non-hydrogen) atoms. The Bertz CT molecular complexity index is 665. The molecule has 0 saturated carbocycles. The van der Waals surface area contributed by atoms with Crippen molar-refractivity contribution in [2.24, 2.45) is 0 Å². The number of thiophene rings is 1. The third kappa shape index (κ3) is 3.91. The number of carbonyl (C=O) groups is 1. The molecule has 0 unspecified atom stereocenters. The van der Waals surface area contributed by atoms with E-state index in [0.717, 1.165) is 11.3 Å². The molecule has 5 nitrogen and oxygen atoms in total. The molecule has 7 heteroatoms. The number of amides is 1. The summed E-state index contributed by atoms with van der Waals surface area (Å²) in [5.74, 6) is -0.316. The number of anilines is 1. The summed E-state index contributed by atoms with van der Waals surface area (Å²) in [7, 11) is 0. The van der Waals surface area contributed by atoms with Crippen molar-refractivity contribution in [1.82, 2.24) is 0 Å². The molecule has 0 aliphatic rings. The van der Waals surface area contributed by atoms with Crippen molar-refractivity contribution in [2.45, 2.75) is 0 Å². The van der Waals surface area contributed by atoms with Crippen molar-refractivity contribution >= 4 is 45.6 Å². The number of nitrogens with zero attached hydrogens (tertiary/aromatic N) is 1. The van der Waals surface area contributed by atoms with Gasteiger partial charge in [0, 0.05) is 27.7 Å². The lowest BCUT2D eigenvalue weighted by Crippen LogP contribution is -2.07. The van der Waals surface area contributed by atoms with Crippen LogP contribution in [0.1, 0.15) is 4.88 Å². The molecule has 0 bridgehead atoms. The maximum absolute atomic E-state index is 11.7. The number of carbonyl (C=O) groups excluding carboxylic acids is 1. The summed E-state index contributed by atoms with van der Waals surface area (Å²) < 4.78 is 0. The third-order valence-corrected chi connectivity index (χ3v) is 3.56. The Morgan fingerprint density at radius 1 is 1.25 bits per heavy atom. The molecule has 0 aliphatic carbocycles. The van der Waals surface area contributed by atoms with Gasteiger partial charge in [0.05, 0.1) is 4.92 Å². The number of halogens is 1. The predicted octanol–water partition coefficient (Wildman–Crippen LogP) is 3.96. The highest BCUT2D eigenvalue weighted by Gasteiger charge is 2.07. The van der Waals surface area contributed by atoms with Gasteiger partial charge in [-0.1, -0.05) is 22.9 Å². The van der Waals surface area contributed by atoms with Gasteiger partial charge in [0.25, 0.3) is 0 Å². The first kappa shape index (κ1) is 14.2. The van der Waals surface area contributed by atoms with Crippen molar-refractivity contribution in [2.75, 3.05) is 5.32 Å². The number of hydrogen-bond acceptors (Lipinski definition) is 4. The van der Waals surface area contributed by atoms with Crippen molar-refractivity contribution in [3.63, 3.8) is 0 Å². The average Bonchev–Trinajstić information content (AvgIpc) is 2.88. The molecule has 1 N–H and O–H groups in total. The van der Waals surface area contributed by atoms with Gasteiger partial charge < -0.3 is 5.32 Å². The van der Waals surface area contributed by atoms with E-state index in [4.69, 9.17) is 11.6 Å². The summed E-state index contributed by atoms with van der Waals surface area (Å²) in [4.78, 5) is 22.4. The zero-order valence-electron chi connectivity index (χ0n) is 10.1. The lowest BCUT2D eigenvalue weighted by molar-refractivity contribution is -0.380. The van der Waals surface area contributed by atoms with E-state index in [1.54, 1.807) is 30.3 Å². The Morgan fingerprint density at radius 2 is 1.95 bits per heavy atom. The maximum atomic E-state index is 11.7. The van der Waals surface area contributed by atoms with E-state index >= 15 is 0 Å². The van der Waals surface area contributed by atoms with E-state index in [-0.39, 0.29) is 10.9 Å². The molecule has 2 rings (SSSR count). The van der Waals surface area contributed by atoms with Gasteiger partial charge in [-0.25, -0.2) is 0 Å². The van der Waals surface area contributed by atoms with Crippen LogP contribution in [0.5, 0.6) is 0 Å². The monoisotopic (exact) mass is 308 g/mol. The smallest absolute Gasteiger partial charge is 0.323 e. The van der Waals surface area contributed by atoms with Crippen LogP contribution in [0.25, 0.3) is 6.08 Å². The Morgan fingerprint density at radius 3 is 2.55 bits per heavy atom. The van der Waals surface area contributed by atoms with Crippen LogP contribution < -0.4 is 5.32 Å². The van der Waals surface area contributed by atoms with Crippen LogP contribution in [0.4, 0.5) is 10.7 Å². The lowest BCUT2D eigenvalue weighted by Gasteiger charge is -2.01. The van der Waals surface area contributed by atoms with Crippen LogP contribution in [0.15, 0.2) is 42.5 Å². The van der Waals surface area contributed by atoms with E-state index in [9.17, 15) is 14.9 Å². The second-order valence-corrected chi connectivity index (χ2v) is 5.29. The fourth-order valence-electron chi connectivity index (χ4n) is 1.40. The Balaban J connectivity index is 1.98. The van der Waals surface area contributed by atoms with Gasteiger partial charge in [0.2, 0.25) is 5.91 Å². The molecular weight excluding hydrogens is 300 g/mol. The second kappa shape index (κ2) is 6.31. The normalized spacial score (nSPS) is 10.7. The summed E-state index contributed by atoms with van der Waals surface area (Å²) in [6, 6.07) is 9.71. The minimum atomic E-state index is -0.463. The minimum absolute atomic E-state index is 0.0442. The Hall–Kier alpha value is -2.18. The predicted molar refractivity (Wildman–Crippen MR) is 80.1 cm³/mol. The van der Waals surface area contributed by atoms with Crippen LogP contribution in [0, 0.1) is 10.1 Å². The molecule has 1 aromatic heterocycles. The topological polar surface area (TPSA) is 72.2 Å². The van der Waals surface area contributed by atoms with Crippen LogP contribution in [-0.2, 0) is 4.79 Å². The molecule has 0 spiro atoms. The molecule has 0 radical (unpaired) electrons. The summed E-state index contributed by atoms with van der Waals surface area (Å²) in [5.41, 5.74) is 0.626. The quantitative estimate of drug-likeness (QED) is 0.528. The van der Waals surface area contributed by atoms with E-state index in [2.05, 4.69) is 5.32 Å². The first-order valence-corrected chi connectivity index (χ1v) is 6.73. The van der Waals surface area contributed by atoms with Crippen molar-refractivity contribution < 1.29 is 9.72 Å². The van der Waals surface area contributed by atoms with Gasteiger partial charge in [-0.2, -0.15) is 0 Å². The van der Waals surface area contributed by atoms with Gasteiger partial charge in [0.15, 0.2) is 0 Å². The molecule has 102 valence electrons. The number of nitrogens with one attached hydrogen (secondary N) is 1. The van der Waals surface area contributed by atoms with Crippen LogP contribution in [0.2, 0.25) is 5.02 Å². The van der Waals surface area contributed by atoms with Gasteiger partial charge in [-0.05, 0) is 36.4 Å². The third-order valence-electron chi connectivity index (χ3n) is 2.30. The summed E-state index contributed by atoms with van der Waals surface area (Å²) in [5, 5.41) is 13.8. The summed E-state index contributed by atoms with van der Waals surface area (Å²) in [6.45, 7) is 0. The van der Waals surface area contributed by atoms with E-state index in [0.29, 0.717) is 15.6 Å². The molecule has 0 fully saturated rings. The molecular formula is C13H9ClN2O3S. The molecule has 1 heterocycles. The highest BCUT2D eigenvalue weighted by molar-refractivity contribution is 7.16. The lowest BCUT2D eigenvalue weighted by atomic mass is 10.3. The maximum Gasteiger partial charge on any atom is 0.324 e. The summed E-state index contributed by atoms with van der Waals surface area (Å²) in [6.07, 6.45) is 2.85. The van der Waals surface area contributed by atoms with Gasteiger partial charge >= 0.3 is 5.00 Å². The van der Waals surface area contributed by atoms with Gasteiger partial charge in [-0.3, -0.25) is 14.9 Å². The fourth-order valence-corrected chi connectivity index (χ4v) is 2.26. The number of hydrogen-bond donors (Lipinski definition) is 1. The molecule has 0 atom stereocenters. The number of nitro groups is 1. The first-order chi connectivity index (χ1) is 9.54. The number of rotatable bonds is 4. The van der Waals surface area contributed by atoms with Crippen LogP contribution in [0.3, 0.4) is 0 Å². The fraction of sp³-hybridized carbons (Fsp3) is 0. The van der Waals surface area contributed by atoms with E-state index in [1.807, 2.05) is 0 Å². The van der Waals surface area contributed by atoms with Crippen LogP contribution >= 0.6 is 22.9 Å². The van der Waals surface area contributed by atoms with E-state index < -0.39 is 4.92 Å². The van der Waals surface area contributed by atoms with Crippen molar-refractivity contribution in [3.05, 3.63) is 62.5 Å². The first-order valence-electron chi connectivity index (χ1n) is 5.53. The molecule has 2 aromatic rings. The highest BCUT2D eigenvalue weighted by atomic mass is 35.5. The molecule has 0 saturated heterocycles. The minimum Gasteiger partial charge on any atom is -0.323 e. The highest BCUT2D eigenvalue weighted by Crippen LogP contribution is 2.24. The molecule has 1 amide bonds. The summed E-state index contributed by atoms with van der Waals surface area (Å²) >= 11 is 6.74. The number of benzene rings is 1. The molecule has 1 aromatic carbocycles. The Kier molecular flexibility index (Phi) is 4.49. The standard InChI is InChI=1S/C13H9ClN2O3S/c14-9-1-3-10(4-2-9)15-12(17)7-5-11-6-8-13(20-11)16(18)19/h1-8H,(H,15,17)/b7-5+. The second-order valence-electron chi connectivity index (χ2n) is 3.76. The van der Waals surface area contributed by atoms with Crippen molar-refractivity contribution in [1.29, 1.82) is 0 Å². The van der Waals surface area contributed by atoms with E-state index in [1.165, 1.54) is 18.2 Å².